The number of halogens is 1. The van der Waals surface area contributed by atoms with E-state index in [9.17, 15) is 14.9 Å². The second-order valence-electron chi connectivity index (χ2n) is 4.24. The fraction of sp³-hybridized carbons (Fsp3) is 0.462. The van der Waals surface area contributed by atoms with E-state index < -0.39 is 4.92 Å². The number of para-hydroxylation sites is 1. The highest BCUT2D eigenvalue weighted by atomic mass is 35.5. The fourth-order valence-corrected chi connectivity index (χ4v) is 2.15. The van der Waals surface area contributed by atoms with E-state index in [0.717, 1.165) is 6.42 Å². The number of benzene rings is 1. The topological polar surface area (TPSA) is 63.5 Å². The lowest BCUT2D eigenvalue weighted by Gasteiger charge is -2.27. The summed E-state index contributed by atoms with van der Waals surface area (Å²) in [7, 11) is 0. The molecule has 0 heterocycles. The van der Waals surface area contributed by atoms with Crippen molar-refractivity contribution in [1.82, 2.24) is 4.90 Å². The first-order chi connectivity index (χ1) is 8.93. The van der Waals surface area contributed by atoms with Gasteiger partial charge in [0.25, 0.3) is 5.91 Å². The molecule has 1 unspecified atom stereocenters. The van der Waals surface area contributed by atoms with Gasteiger partial charge in [-0.25, -0.2) is 0 Å². The summed E-state index contributed by atoms with van der Waals surface area (Å²) in [4.78, 5) is 24.5. The first-order valence-electron chi connectivity index (χ1n) is 6.17. The number of nitro groups is 1. The molecule has 0 radical (unpaired) electrons. The van der Waals surface area contributed by atoms with E-state index in [-0.39, 0.29) is 28.2 Å². The molecule has 0 saturated heterocycles. The predicted molar refractivity (Wildman–Crippen MR) is 74.6 cm³/mol. The van der Waals surface area contributed by atoms with Gasteiger partial charge in [-0.15, -0.1) is 0 Å². The van der Waals surface area contributed by atoms with Gasteiger partial charge in [-0.2, -0.15) is 0 Å². The van der Waals surface area contributed by atoms with Crippen molar-refractivity contribution in [3.05, 3.63) is 38.9 Å². The first kappa shape index (κ1) is 15.4. The van der Waals surface area contributed by atoms with E-state index in [4.69, 9.17) is 11.6 Å². The van der Waals surface area contributed by atoms with Gasteiger partial charge in [-0.3, -0.25) is 14.9 Å². The number of carbonyl (C=O) groups excluding carboxylic acids is 1. The zero-order chi connectivity index (χ0) is 14.6. The zero-order valence-electron chi connectivity index (χ0n) is 11.2. The molecular weight excluding hydrogens is 268 g/mol. The summed E-state index contributed by atoms with van der Waals surface area (Å²) in [5, 5.41) is 11.0. The Balaban J connectivity index is 3.26. The van der Waals surface area contributed by atoms with Crippen LogP contribution in [-0.2, 0) is 0 Å². The van der Waals surface area contributed by atoms with E-state index in [1.807, 2.05) is 20.8 Å². The van der Waals surface area contributed by atoms with Crippen LogP contribution in [0.3, 0.4) is 0 Å². The van der Waals surface area contributed by atoms with E-state index in [1.165, 1.54) is 12.1 Å². The minimum atomic E-state index is -0.611. The van der Waals surface area contributed by atoms with Crippen LogP contribution in [-0.4, -0.2) is 28.3 Å². The van der Waals surface area contributed by atoms with Gasteiger partial charge in [0.05, 0.1) is 4.92 Å². The number of rotatable bonds is 5. The lowest BCUT2D eigenvalue weighted by atomic mass is 10.1. The summed E-state index contributed by atoms with van der Waals surface area (Å²) >= 11 is 5.82. The highest BCUT2D eigenvalue weighted by molar-refractivity contribution is 6.33. The van der Waals surface area contributed by atoms with Crippen LogP contribution in [0.1, 0.15) is 37.6 Å². The van der Waals surface area contributed by atoms with Crippen LogP contribution in [0.25, 0.3) is 0 Å². The largest absolute Gasteiger partial charge is 0.336 e. The van der Waals surface area contributed by atoms with Crippen LogP contribution in [0.4, 0.5) is 5.69 Å². The summed E-state index contributed by atoms with van der Waals surface area (Å²) in [5.41, 5.74) is -0.282. The minimum Gasteiger partial charge on any atom is -0.336 e. The second-order valence-corrected chi connectivity index (χ2v) is 4.65. The molecule has 1 aromatic carbocycles. The highest BCUT2D eigenvalue weighted by Crippen LogP contribution is 2.29. The molecule has 0 bridgehead atoms. The van der Waals surface area contributed by atoms with Crippen molar-refractivity contribution in [3.63, 3.8) is 0 Å². The van der Waals surface area contributed by atoms with Crippen molar-refractivity contribution >= 4 is 23.2 Å². The molecule has 5 nitrogen and oxygen atoms in total. The van der Waals surface area contributed by atoms with Crippen molar-refractivity contribution in [2.75, 3.05) is 6.54 Å². The molecule has 1 rings (SSSR count). The molecule has 1 aromatic rings. The SMILES string of the molecule is CCC(C)N(CC)C(=O)c1cccc(Cl)c1[N+](=O)[O-]. The van der Waals surface area contributed by atoms with Crippen LogP contribution in [0, 0.1) is 10.1 Å². The summed E-state index contributed by atoms with van der Waals surface area (Å²) in [6, 6.07) is 4.43. The molecular formula is C13H17ClN2O3. The van der Waals surface area contributed by atoms with Gasteiger partial charge >= 0.3 is 5.69 Å². The standard InChI is InChI=1S/C13H17ClN2O3/c1-4-9(3)15(5-2)13(17)10-7-6-8-11(14)12(10)16(18)19/h6-9H,4-5H2,1-3H3. The maximum atomic E-state index is 12.4. The third-order valence-corrected chi connectivity index (χ3v) is 3.43. The smallest absolute Gasteiger partial charge is 0.300 e. The Kier molecular flexibility index (Phi) is 5.30. The quantitative estimate of drug-likeness (QED) is 0.614. The lowest BCUT2D eigenvalue weighted by molar-refractivity contribution is -0.385. The third kappa shape index (κ3) is 3.23. The summed E-state index contributed by atoms with van der Waals surface area (Å²) in [5.74, 6) is -0.356. The molecule has 0 spiro atoms. The van der Waals surface area contributed by atoms with Crippen molar-refractivity contribution in [1.29, 1.82) is 0 Å². The van der Waals surface area contributed by atoms with Gasteiger partial charge in [-0.05, 0) is 32.4 Å². The predicted octanol–water partition coefficient (Wildman–Crippen LogP) is 3.51. The van der Waals surface area contributed by atoms with Crippen molar-refractivity contribution in [2.24, 2.45) is 0 Å². The molecule has 0 aliphatic rings. The Morgan fingerprint density at radius 2 is 2.11 bits per heavy atom. The molecule has 1 atom stereocenters. The normalized spacial score (nSPS) is 12.0. The van der Waals surface area contributed by atoms with Crippen LogP contribution in [0.2, 0.25) is 5.02 Å². The van der Waals surface area contributed by atoms with Gasteiger partial charge in [0, 0.05) is 12.6 Å². The number of hydrogen-bond acceptors (Lipinski definition) is 3. The molecule has 0 saturated carbocycles. The molecule has 104 valence electrons. The van der Waals surface area contributed by atoms with Crippen LogP contribution in [0.15, 0.2) is 18.2 Å². The van der Waals surface area contributed by atoms with Crippen molar-refractivity contribution in [2.45, 2.75) is 33.2 Å². The molecule has 0 fully saturated rings. The molecule has 1 amide bonds. The number of nitrogens with zero attached hydrogens (tertiary/aromatic N) is 2. The molecule has 0 N–H and O–H groups in total. The van der Waals surface area contributed by atoms with E-state index >= 15 is 0 Å². The number of hydrogen-bond donors (Lipinski definition) is 0. The Hall–Kier alpha value is -1.62. The van der Waals surface area contributed by atoms with Crippen LogP contribution >= 0.6 is 11.6 Å². The lowest BCUT2D eigenvalue weighted by Crippen LogP contribution is -2.38. The van der Waals surface area contributed by atoms with Gasteiger partial charge in [-0.1, -0.05) is 24.6 Å². The van der Waals surface area contributed by atoms with Gasteiger partial charge < -0.3 is 4.90 Å². The van der Waals surface area contributed by atoms with Gasteiger partial charge in [0.2, 0.25) is 0 Å². The maximum Gasteiger partial charge on any atom is 0.300 e. The molecule has 0 aromatic heterocycles. The maximum absolute atomic E-state index is 12.4. The summed E-state index contributed by atoms with van der Waals surface area (Å²) in [6.07, 6.45) is 0.786. The Bertz CT molecular complexity index is 491. The molecule has 6 heteroatoms. The Morgan fingerprint density at radius 3 is 2.58 bits per heavy atom. The van der Waals surface area contributed by atoms with E-state index in [1.54, 1.807) is 11.0 Å². The van der Waals surface area contributed by atoms with Crippen LogP contribution < -0.4 is 0 Å². The van der Waals surface area contributed by atoms with Crippen molar-refractivity contribution < 1.29 is 9.72 Å². The van der Waals surface area contributed by atoms with Gasteiger partial charge in [0.15, 0.2) is 0 Å². The molecule has 0 aliphatic heterocycles. The summed E-state index contributed by atoms with van der Waals surface area (Å²) < 4.78 is 0. The second kappa shape index (κ2) is 6.52. The van der Waals surface area contributed by atoms with Gasteiger partial charge in [0.1, 0.15) is 10.6 Å². The zero-order valence-corrected chi connectivity index (χ0v) is 12.0. The number of amides is 1. The fourth-order valence-electron chi connectivity index (χ4n) is 1.90. The molecule has 19 heavy (non-hydrogen) atoms. The minimum absolute atomic E-state index is 0.0175. The van der Waals surface area contributed by atoms with E-state index in [0.29, 0.717) is 6.54 Å². The third-order valence-electron chi connectivity index (χ3n) is 3.12. The number of carbonyl (C=O) groups is 1. The molecule has 0 aliphatic carbocycles. The average molecular weight is 285 g/mol. The highest BCUT2D eigenvalue weighted by Gasteiger charge is 2.28. The van der Waals surface area contributed by atoms with E-state index in [2.05, 4.69) is 0 Å². The average Bonchev–Trinajstić information content (AvgIpc) is 2.38. The first-order valence-corrected chi connectivity index (χ1v) is 6.55. The summed E-state index contributed by atoms with van der Waals surface area (Å²) in [6.45, 7) is 6.22. The Labute approximate surface area is 117 Å². The number of nitro benzene ring substituents is 1. The monoisotopic (exact) mass is 284 g/mol. The van der Waals surface area contributed by atoms with Crippen LogP contribution in [0.5, 0.6) is 0 Å². The Morgan fingerprint density at radius 1 is 1.47 bits per heavy atom. The van der Waals surface area contributed by atoms with Crippen molar-refractivity contribution in [3.8, 4) is 0 Å².